The molecule has 0 aliphatic rings. The predicted molar refractivity (Wildman–Crippen MR) is 115 cm³/mol. The van der Waals surface area contributed by atoms with Crippen LogP contribution in [0.15, 0.2) is 12.1 Å². The fourth-order valence-electron chi connectivity index (χ4n) is 3.57. The van der Waals surface area contributed by atoms with Gasteiger partial charge < -0.3 is 15.3 Å². The average molecular weight is 393 g/mol. The highest BCUT2D eigenvalue weighted by atomic mass is 16.3. The number of benzene rings is 1. The van der Waals surface area contributed by atoms with Gasteiger partial charge in [0.25, 0.3) is 0 Å². The number of phenols is 3. The lowest BCUT2D eigenvalue weighted by molar-refractivity contribution is 0.0978. The molecule has 1 aromatic rings. The molecule has 0 heterocycles. The summed E-state index contributed by atoms with van der Waals surface area (Å²) in [7, 11) is 0. The Morgan fingerprint density at radius 2 is 1.00 bits per heavy atom. The van der Waals surface area contributed by atoms with E-state index in [9.17, 15) is 20.1 Å². The van der Waals surface area contributed by atoms with Crippen LogP contribution in [0.4, 0.5) is 0 Å². The third-order valence-electron chi connectivity index (χ3n) is 5.40. The minimum absolute atomic E-state index is 0.111. The van der Waals surface area contributed by atoms with Crippen molar-refractivity contribution in [3.8, 4) is 17.2 Å². The smallest absolute Gasteiger partial charge is 0.200 e. The summed E-state index contributed by atoms with van der Waals surface area (Å²) in [5, 5.41) is 28.3. The molecule has 0 aliphatic carbocycles. The van der Waals surface area contributed by atoms with Gasteiger partial charge in [0, 0.05) is 12.0 Å². The first-order chi connectivity index (χ1) is 13.6. The lowest BCUT2D eigenvalue weighted by atomic mass is 10.0. The highest BCUT2D eigenvalue weighted by Crippen LogP contribution is 2.35. The number of ketones is 1. The summed E-state index contributed by atoms with van der Waals surface area (Å²) in [6, 6.07) is 2.42. The number of aromatic hydroxyl groups is 3. The minimum atomic E-state index is -0.580. The number of Topliss-reactive ketones (excluding diaryl/α,β-unsaturated/α-hetero) is 1. The molecule has 0 atom stereocenters. The highest BCUT2D eigenvalue weighted by Gasteiger charge is 2.13. The molecule has 3 N–H and O–H groups in total. The molecular formula is C24H40O4. The molecule has 0 aliphatic heterocycles. The van der Waals surface area contributed by atoms with Crippen LogP contribution in [0.5, 0.6) is 17.2 Å². The summed E-state index contributed by atoms with van der Waals surface area (Å²) in [5.74, 6) is -1.61. The molecule has 4 nitrogen and oxygen atoms in total. The summed E-state index contributed by atoms with van der Waals surface area (Å²) in [6.45, 7) is 2.26. The van der Waals surface area contributed by atoms with Crippen molar-refractivity contribution in [1.82, 2.24) is 0 Å². The van der Waals surface area contributed by atoms with Crippen LogP contribution in [0.2, 0.25) is 0 Å². The summed E-state index contributed by atoms with van der Waals surface area (Å²) >= 11 is 0. The number of unbranched alkanes of at least 4 members (excludes halogenated alkanes) is 14. The van der Waals surface area contributed by atoms with Crippen molar-refractivity contribution in [1.29, 1.82) is 0 Å². The van der Waals surface area contributed by atoms with Gasteiger partial charge in [-0.1, -0.05) is 96.8 Å². The molecule has 4 heteroatoms. The standard InChI is InChI=1S/C24H40O4/c1-2-3-4-5-6-7-8-9-10-11-12-13-14-15-16-17-21(25)20-18-22(26)24(28)23(27)19-20/h18-19,26-28H,2-17H2,1H3. The Morgan fingerprint density at radius 1 is 0.643 bits per heavy atom. The SMILES string of the molecule is CCCCCCCCCCCCCCCCCC(=O)c1cc(O)c(O)c(O)c1. The van der Waals surface area contributed by atoms with Crippen LogP contribution in [0.25, 0.3) is 0 Å². The Morgan fingerprint density at radius 3 is 1.39 bits per heavy atom. The highest BCUT2D eigenvalue weighted by molar-refractivity contribution is 5.97. The van der Waals surface area contributed by atoms with E-state index in [1.165, 1.54) is 89.2 Å². The van der Waals surface area contributed by atoms with Crippen molar-refractivity contribution in [3.05, 3.63) is 17.7 Å². The Kier molecular flexibility index (Phi) is 13.2. The van der Waals surface area contributed by atoms with Gasteiger partial charge in [-0.05, 0) is 18.6 Å². The fraction of sp³-hybridized carbons (Fsp3) is 0.708. The van der Waals surface area contributed by atoms with Gasteiger partial charge in [-0.15, -0.1) is 0 Å². The topological polar surface area (TPSA) is 77.8 Å². The molecule has 1 rings (SSSR count). The third-order valence-corrected chi connectivity index (χ3v) is 5.40. The lowest BCUT2D eigenvalue weighted by Gasteiger charge is -2.06. The van der Waals surface area contributed by atoms with Crippen molar-refractivity contribution in [2.75, 3.05) is 0 Å². The van der Waals surface area contributed by atoms with Crippen LogP contribution in [0, 0.1) is 0 Å². The predicted octanol–water partition coefficient (Wildman–Crippen LogP) is 7.25. The van der Waals surface area contributed by atoms with Crippen LogP contribution in [0.1, 0.15) is 120 Å². The Balaban J connectivity index is 1.93. The zero-order valence-corrected chi connectivity index (χ0v) is 17.7. The van der Waals surface area contributed by atoms with E-state index in [2.05, 4.69) is 6.92 Å². The number of rotatable bonds is 17. The van der Waals surface area contributed by atoms with Gasteiger partial charge in [0.2, 0.25) is 0 Å². The molecule has 0 amide bonds. The number of carbonyl (C=O) groups excluding carboxylic acids is 1. The van der Waals surface area contributed by atoms with Crippen molar-refractivity contribution >= 4 is 5.78 Å². The second kappa shape index (κ2) is 15.2. The molecular weight excluding hydrogens is 352 g/mol. The first-order valence-corrected chi connectivity index (χ1v) is 11.3. The summed E-state index contributed by atoms with van der Waals surface area (Å²) in [5.41, 5.74) is 0.248. The Labute approximate surface area is 171 Å². The average Bonchev–Trinajstić information content (AvgIpc) is 2.68. The van der Waals surface area contributed by atoms with Crippen LogP contribution < -0.4 is 0 Å². The zero-order chi connectivity index (χ0) is 20.6. The zero-order valence-electron chi connectivity index (χ0n) is 17.7. The van der Waals surface area contributed by atoms with Gasteiger partial charge in [-0.25, -0.2) is 0 Å². The number of carbonyl (C=O) groups is 1. The molecule has 0 aromatic heterocycles. The maximum atomic E-state index is 12.1. The van der Waals surface area contributed by atoms with E-state index >= 15 is 0 Å². The van der Waals surface area contributed by atoms with Gasteiger partial charge in [0.05, 0.1) is 0 Å². The van der Waals surface area contributed by atoms with Gasteiger partial charge in [-0.3, -0.25) is 4.79 Å². The summed E-state index contributed by atoms with van der Waals surface area (Å²) in [6.07, 6.45) is 19.7. The van der Waals surface area contributed by atoms with E-state index in [0.717, 1.165) is 19.3 Å². The molecule has 1 aromatic carbocycles. The first kappa shape index (κ1) is 24.3. The van der Waals surface area contributed by atoms with E-state index in [1.54, 1.807) is 0 Å². The summed E-state index contributed by atoms with van der Waals surface area (Å²) < 4.78 is 0. The van der Waals surface area contributed by atoms with Crippen LogP contribution in [-0.4, -0.2) is 21.1 Å². The second-order valence-corrected chi connectivity index (χ2v) is 7.99. The van der Waals surface area contributed by atoms with Gasteiger partial charge in [-0.2, -0.15) is 0 Å². The quantitative estimate of drug-likeness (QED) is 0.148. The molecule has 28 heavy (non-hydrogen) atoms. The minimum Gasteiger partial charge on any atom is -0.504 e. The maximum Gasteiger partial charge on any atom is 0.200 e. The maximum absolute atomic E-state index is 12.1. The molecule has 0 saturated heterocycles. The van der Waals surface area contributed by atoms with E-state index in [4.69, 9.17) is 0 Å². The largest absolute Gasteiger partial charge is 0.504 e. The van der Waals surface area contributed by atoms with Crippen molar-refractivity contribution in [2.24, 2.45) is 0 Å². The third kappa shape index (κ3) is 10.6. The van der Waals surface area contributed by atoms with Crippen molar-refractivity contribution in [3.63, 3.8) is 0 Å². The molecule has 0 unspecified atom stereocenters. The van der Waals surface area contributed by atoms with E-state index in [0.29, 0.717) is 6.42 Å². The number of phenolic OH excluding ortho intramolecular Hbond substituents is 3. The first-order valence-electron chi connectivity index (χ1n) is 11.3. The van der Waals surface area contributed by atoms with E-state index in [-0.39, 0.29) is 11.3 Å². The normalized spacial score (nSPS) is 11.0. The Hall–Kier alpha value is -1.71. The molecule has 0 saturated carbocycles. The number of hydrogen-bond acceptors (Lipinski definition) is 4. The Bertz CT molecular complexity index is 531. The van der Waals surface area contributed by atoms with E-state index in [1.807, 2.05) is 0 Å². The van der Waals surface area contributed by atoms with E-state index < -0.39 is 17.2 Å². The molecule has 0 spiro atoms. The van der Waals surface area contributed by atoms with Crippen molar-refractivity contribution < 1.29 is 20.1 Å². The van der Waals surface area contributed by atoms with Gasteiger partial charge in [0.1, 0.15) is 0 Å². The monoisotopic (exact) mass is 392 g/mol. The molecule has 0 radical (unpaired) electrons. The fourth-order valence-corrected chi connectivity index (χ4v) is 3.57. The van der Waals surface area contributed by atoms with Crippen molar-refractivity contribution in [2.45, 2.75) is 110 Å². The van der Waals surface area contributed by atoms with Crippen LogP contribution >= 0.6 is 0 Å². The van der Waals surface area contributed by atoms with Gasteiger partial charge >= 0.3 is 0 Å². The van der Waals surface area contributed by atoms with Crippen LogP contribution in [-0.2, 0) is 0 Å². The molecule has 0 fully saturated rings. The second-order valence-electron chi connectivity index (χ2n) is 7.99. The van der Waals surface area contributed by atoms with Gasteiger partial charge in [0.15, 0.2) is 23.0 Å². The number of hydrogen-bond donors (Lipinski definition) is 3. The lowest BCUT2D eigenvalue weighted by Crippen LogP contribution is -1.99. The molecule has 0 bridgehead atoms. The summed E-state index contributed by atoms with van der Waals surface area (Å²) in [4.78, 5) is 12.1. The molecule has 160 valence electrons. The van der Waals surface area contributed by atoms with Crippen LogP contribution in [0.3, 0.4) is 0 Å².